The molecular weight excluding hydrogens is 342 g/mol. The van der Waals surface area contributed by atoms with Crippen LogP contribution >= 0.6 is 21.6 Å². The van der Waals surface area contributed by atoms with E-state index in [1.807, 2.05) is 54.7 Å². The zero-order valence-corrected chi connectivity index (χ0v) is 14.4. The predicted molar refractivity (Wildman–Crippen MR) is 96.3 cm³/mol. The van der Waals surface area contributed by atoms with Crippen LogP contribution in [0.1, 0.15) is 0 Å². The number of rotatable bonds is 5. The Balaban J connectivity index is 1.50. The Labute approximate surface area is 146 Å². The molecule has 2 heterocycles. The Morgan fingerprint density at radius 2 is 1.83 bits per heavy atom. The molecule has 120 valence electrons. The molecular formula is C17H13N3O2S2. The van der Waals surface area contributed by atoms with E-state index in [4.69, 9.17) is 9.15 Å². The number of para-hydroxylation sites is 1. The molecule has 4 aromatic rings. The van der Waals surface area contributed by atoms with Crippen molar-refractivity contribution in [2.75, 3.05) is 7.11 Å². The minimum atomic E-state index is 0.519. The number of aromatic nitrogens is 3. The van der Waals surface area contributed by atoms with E-state index in [0.29, 0.717) is 11.1 Å². The molecule has 0 fully saturated rings. The lowest BCUT2D eigenvalue weighted by Gasteiger charge is -2.00. The quantitative estimate of drug-likeness (QED) is 0.507. The summed E-state index contributed by atoms with van der Waals surface area (Å²) in [6, 6.07) is 15.9. The summed E-state index contributed by atoms with van der Waals surface area (Å²) in [5, 5.41) is 9.87. The number of hydrogen-bond acceptors (Lipinski definition) is 6. The van der Waals surface area contributed by atoms with E-state index >= 15 is 0 Å². The minimum absolute atomic E-state index is 0.519. The lowest BCUT2D eigenvalue weighted by molar-refractivity contribution is 0.414. The van der Waals surface area contributed by atoms with Crippen molar-refractivity contribution in [3.05, 3.63) is 54.7 Å². The van der Waals surface area contributed by atoms with Crippen LogP contribution in [0.4, 0.5) is 0 Å². The number of fused-ring (bicyclic) bond motifs is 1. The third-order valence-electron chi connectivity index (χ3n) is 3.49. The largest absolute Gasteiger partial charge is 0.497 e. The standard InChI is InChI=1S/C17H13N3O2S2/c1-21-11-6-8-12(9-7-11)23-24-17-20-19-16(22-17)14-10-18-15-5-3-2-4-13(14)15/h2-10,18H,1H3. The van der Waals surface area contributed by atoms with Gasteiger partial charge in [0.2, 0.25) is 0 Å². The second kappa shape index (κ2) is 6.62. The first-order valence-corrected chi connectivity index (χ1v) is 9.37. The van der Waals surface area contributed by atoms with Gasteiger partial charge < -0.3 is 14.1 Å². The smallest absolute Gasteiger partial charge is 0.288 e. The van der Waals surface area contributed by atoms with Gasteiger partial charge in [0.15, 0.2) is 0 Å². The fourth-order valence-corrected chi connectivity index (χ4v) is 3.96. The van der Waals surface area contributed by atoms with Crippen LogP contribution in [0.2, 0.25) is 0 Å². The fourth-order valence-electron chi connectivity index (χ4n) is 2.32. The minimum Gasteiger partial charge on any atom is -0.497 e. The van der Waals surface area contributed by atoms with Gasteiger partial charge in [0.25, 0.3) is 11.1 Å². The second-order valence-corrected chi connectivity index (χ2v) is 7.12. The van der Waals surface area contributed by atoms with Gasteiger partial charge in [-0.1, -0.05) is 23.3 Å². The van der Waals surface area contributed by atoms with E-state index in [2.05, 4.69) is 15.2 Å². The highest BCUT2D eigenvalue weighted by Gasteiger charge is 2.13. The highest BCUT2D eigenvalue weighted by molar-refractivity contribution is 8.76. The topological polar surface area (TPSA) is 63.9 Å². The van der Waals surface area contributed by atoms with E-state index < -0.39 is 0 Å². The third kappa shape index (κ3) is 3.00. The molecule has 0 unspecified atom stereocenters. The zero-order valence-electron chi connectivity index (χ0n) is 12.7. The molecule has 0 saturated heterocycles. The maximum absolute atomic E-state index is 5.78. The molecule has 1 N–H and O–H groups in total. The number of hydrogen-bond donors (Lipinski definition) is 1. The van der Waals surface area contributed by atoms with Gasteiger partial charge >= 0.3 is 0 Å². The number of benzene rings is 2. The number of nitrogens with zero attached hydrogens (tertiary/aromatic N) is 2. The van der Waals surface area contributed by atoms with Gasteiger partial charge in [-0.05, 0) is 41.1 Å². The van der Waals surface area contributed by atoms with Crippen LogP contribution < -0.4 is 4.74 Å². The summed E-state index contributed by atoms with van der Waals surface area (Å²) >= 11 is 0. The summed E-state index contributed by atoms with van der Waals surface area (Å²) in [5.74, 6) is 1.36. The van der Waals surface area contributed by atoms with Gasteiger partial charge in [0, 0.05) is 32.8 Å². The number of aromatic amines is 1. The maximum atomic E-state index is 5.78. The molecule has 7 heteroatoms. The normalized spacial score (nSPS) is 11.0. The summed E-state index contributed by atoms with van der Waals surface area (Å²) in [4.78, 5) is 4.30. The SMILES string of the molecule is COc1ccc(SSc2nnc(-c3c[nH]c4ccccc34)o2)cc1. The summed E-state index contributed by atoms with van der Waals surface area (Å²) in [5.41, 5.74) is 1.96. The van der Waals surface area contributed by atoms with Gasteiger partial charge in [-0.25, -0.2) is 0 Å². The van der Waals surface area contributed by atoms with Crippen molar-refractivity contribution in [2.45, 2.75) is 10.1 Å². The molecule has 4 rings (SSSR count). The van der Waals surface area contributed by atoms with Crippen molar-refractivity contribution in [3.63, 3.8) is 0 Å². The van der Waals surface area contributed by atoms with Crippen molar-refractivity contribution in [2.24, 2.45) is 0 Å². The van der Waals surface area contributed by atoms with Crippen LogP contribution in [0.15, 0.2) is 69.3 Å². The number of methoxy groups -OCH3 is 1. The Morgan fingerprint density at radius 3 is 2.67 bits per heavy atom. The first-order valence-electron chi connectivity index (χ1n) is 7.22. The molecule has 2 aromatic heterocycles. The lowest BCUT2D eigenvalue weighted by atomic mass is 10.2. The van der Waals surface area contributed by atoms with Crippen LogP contribution in [0, 0.1) is 0 Å². The first kappa shape index (κ1) is 15.2. The van der Waals surface area contributed by atoms with Crippen LogP contribution in [0.5, 0.6) is 5.75 Å². The van der Waals surface area contributed by atoms with Crippen LogP contribution in [0.3, 0.4) is 0 Å². The Hall–Kier alpha value is -2.38. The molecule has 0 aliphatic carbocycles. The molecule has 0 atom stereocenters. The predicted octanol–water partition coefficient (Wildman–Crippen LogP) is 5.03. The van der Waals surface area contributed by atoms with Crippen LogP contribution in [-0.2, 0) is 0 Å². The number of nitrogens with one attached hydrogen (secondary N) is 1. The first-order chi connectivity index (χ1) is 11.8. The van der Waals surface area contributed by atoms with Gasteiger partial charge in [-0.2, -0.15) is 0 Å². The van der Waals surface area contributed by atoms with Crippen molar-refractivity contribution < 1.29 is 9.15 Å². The molecule has 0 bridgehead atoms. The molecule has 2 aromatic carbocycles. The Kier molecular flexibility index (Phi) is 4.18. The average Bonchev–Trinajstić information content (AvgIpc) is 3.27. The molecule has 0 amide bonds. The highest BCUT2D eigenvalue weighted by Crippen LogP contribution is 2.38. The molecule has 0 radical (unpaired) electrons. The Morgan fingerprint density at radius 1 is 1.00 bits per heavy atom. The molecule has 0 spiro atoms. The molecule has 0 saturated carbocycles. The fraction of sp³-hybridized carbons (Fsp3) is 0.0588. The third-order valence-corrected chi connectivity index (χ3v) is 5.61. The van der Waals surface area contributed by atoms with Crippen LogP contribution in [-0.4, -0.2) is 22.3 Å². The van der Waals surface area contributed by atoms with E-state index in [1.165, 1.54) is 10.8 Å². The van der Waals surface area contributed by atoms with E-state index in [9.17, 15) is 0 Å². The van der Waals surface area contributed by atoms with Crippen molar-refractivity contribution in [1.82, 2.24) is 15.2 Å². The molecule has 24 heavy (non-hydrogen) atoms. The van der Waals surface area contributed by atoms with Gasteiger partial charge in [-0.15, -0.1) is 5.10 Å². The lowest BCUT2D eigenvalue weighted by Crippen LogP contribution is -1.80. The summed E-state index contributed by atoms with van der Waals surface area (Å²) < 4.78 is 10.9. The Bertz CT molecular complexity index is 963. The highest BCUT2D eigenvalue weighted by atomic mass is 33.1. The van der Waals surface area contributed by atoms with E-state index in [0.717, 1.165) is 27.1 Å². The molecule has 0 aliphatic heterocycles. The van der Waals surface area contributed by atoms with Gasteiger partial charge in [-0.3, -0.25) is 0 Å². The summed E-state index contributed by atoms with van der Waals surface area (Å²) in [7, 11) is 4.65. The average molecular weight is 355 g/mol. The van der Waals surface area contributed by atoms with E-state index in [1.54, 1.807) is 17.9 Å². The van der Waals surface area contributed by atoms with Crippen molar-refractivity contribution in [1.29, 1.82) is 0 Å². The van der Waals surface area contributed by atoms with Crippen molar-refractivity contribution in [3.8, 4) is 17.2 Å². The van der Waals surface area contributed by atoms with Crippen molar-refractivity contribution >= 4 is 32.5 Å². The molecule has 0 aliphatic rings. The van der Waals surface area contributed by atoms with Crippen LogP contribution in [0.25, 0.3) is 22.4 Å². The summed E-state index contributed by atoms with van der Waals surface area (Å²) in [6.45, 7) is 0. The monoisotopic (exact) mass is 355 g/mol. The number of ether oxygens (including phenoxy) is 1. The zero-order chi connectivity index (χ0) is 16.4. The molecule has 5 nitrogen and oxygen atoms in total. The second-order valence-electron chi connectivity index (χ2n) is 4.96. The maximum Gasteiger partial charge on any atom is 0.288 e. The van der Waals surface area contributed by atoms with Gasteiger partial charge in [0.1, 0.15) is 5.75 Å². The van der Waals surface area contributed by atoms with Gasteiger partial charge in [0.05, 0.1) is 12.7 Å². The number of H-pyrrole nitrogens is 1. The van der Waals surface area contributed by atoms with E-state index in [-0.39, 0.29) is 0 Å². The summed E-state index contributed by atoms with van der Waals surface area (Å²) in [6.07, 6.45) is 1.89.